The second-order valence-corrected chi connectivity index (χ2v) is 6.57. The van der Waals surface area contributed by atoms with E-state index in [9.17, 15) is 5.11 Å². The van der Waals surface area contributed by atoms with E-state index in [0.29, 0.717) is 12.4 Å². The first-order valence-corrected chi connectivity index (χ1v) is 8.65. The molecule has 0 unspecified atom stereocenters. The average Bonchev–Trinajstić information content (AvgIpc) is 2.56. The monoisotopic (exact) mass is 376 g/mol. The highest BCUT2D eigenvalue weighted by Gasteiger charge is 2.16. The van der Waals surface area contributed by atoms with Gasteiger partial charge in [-0.1, -0.05) is 22.0 Å². The molecular weight excluding hydrogens is 356 g/mol. The van der Waals surface area contributed by atoms with Gasteiger partial charge in [0.1, 0.15) is 18.1 Å². The van der Waals surface area contributed by atoms with Gasteiger partial charge in [-0.05, 0) is 42.5 Å². The van der Waals surface area contributed by atoms with Crippen molar-refractivity contribution < 1.29 is 9.84 Å². The van der Waals surface area contributed by atoms with Crippen molar-refractivity contribution >= 4 is 21.6 Å². The van der Waals surface area contributed by atoms with Crippen LogP contribution < -0.4 is 9.64 Å². The van der Waals surface area contributed by atoms with Crippen LogP contribution in [-0.2, 0) is 0 Å². The van der Waals surface area contributed by atoms with Gasteiger partial charge in [-0.25, -0.2) is 0 Å². The lowest BCUT2D eigenvalue weighted by Gasteiger charge is -2.36. The van der Waals surface area contributed by atoms with E-state index < -0.39 is 0 Å². The van der Waals surface area contributed by atoms with E-state index in [-0.39, 0.29) is 0 Å². The summed E-state index contributed by atoms with van der Waals surface area (Å²) in [6.07, 6.45) is 0. The number of hydrogen-bond donors (Lipinski definition) is 1. The summed E-state index contributed by atoms with van der Waals surface area (Å²) in [5.74, 6) is 1.22. The lowest BCUT2D eigenvalue weighted by Crippen LogP contribution is -2.47. The minimum atomic E-state index is 0.317. The maximum Gasteiger partial charge on any atom is 0.120 e. The van der Waals surface area contributed by atoms with Crippen LogP contribution >= 0.6 is 15.9 Å². The molecular formula is C18H21BrN2O2. The van der Waals surface area contributed by atoms with Crippen molar-refractivity contribution in [2.75, 3.05) is 44.2 Å². The highest BCUT2D eigenvalue weighted by atomic mass is 79.9. The van der Waals surface area contributed by atoms with E-state index in [2.05, 4.69) is 25.7 Å². The van der Waals surface area contributed by atoms with Gasteiger partial charge in [0.25, 0.3) is 0 Å². The number of benzene rings is 2. The van der Waals surface area contributed by atoms with Crippen molar-refractivity contribution in [1.82, 2.24) is 4.90 Å². The largest absolute Gasteiger partial charge is 0.508 e. The SMILES string of the molecule is Oc1ccc(N2CCN(CCOc3cccc(Br)c3)CC2)cc1. The normalized spacial score (nSPS) is 15.6. The van der Waals surface area contributed by atoms with Gasteiger partial charge in [0.2, 0.25) is 0 Å². The molecule has 1 aliphatic rings. The van der Waals surface area contributed by atoms with Crippen LogP contribution in [0.2, 0.25) is 0 Å². The Bertz CT molecular complexity index is 625. The fourth-order valence-corrected chi connectivity index (χ4v) is 3.12. The molecule has 2 aromatic rings. The minimum absolute atomic E-state index is 0.317. The third-order valence-corrected chi connectivity index (χ3v) is 4.55. The minimum Gasteiger partial charge on any atom is -0.508 e. The molecule has 1 heterocycles. The summed E-state index contributed by atoms with van der Waals surface area (Å²) in [5.41, 5.74) is 1.17. The Morgan fingerprint density at radius 2 is 1.74 bits per heavy atom. The topological polar surface area (TPSA) is 35.9 Å². The van der Waals surface area contributed by atoms with Crippen molar-refractivity contribution in [2.45, 2.75) is 0 Å². The van der Waals surface area contributed by atoms with Gasteiger partial charge < -0.3 is 14.7 Å². The molecule has 2 aromatic carbocycles. The Kier molecular flexibility index (Phi) is 5.41. The third-order valence-electron chi connectivity index (χ3n) is 4.06. The van der Waals surface area contributed by atoms with E-state index in [0.717, 1.165) is 42.9 Å². The Morgan fingerprint density at radius 1 is 1.00 bits per heavy atom. The van der Waals surface area contributed by atoms with Crippen LogP contribution in [0.15, 0.2) is 53.0 Å². The van der Waals surface area contributed by atoms with Crippen molar-refractivity contribution in [3.8, 4) is 11.5 Å². The molecule has 4 nitrogen and oxygen atoms in total. The number of ether oxygens (including phenoxy) is 1. The molecule has 1 aliphatic heterocycles. The standard InChI is InChI=1S/C18H21BrN2O2/c19-15-2-1-3-18(14-15)23-13-12-20-8-10-21(11-9-20)16-4-6-17(22)7-5-16/h1-7,14,22H,8-13H2. The molecule has 0 amide bonds. The van der Waals surface area contributed by atoms with Crippen LogP contribution in [0.1, 0.15) is 0 Å². The van der Waals surface area contributed by atoms with Gasteiger partial charge in [0, 0.05) is 42.9 Å². The number of piperazine rings is 1. The number of phenols is 1. The molecule has 0 aliphatic carbocycles. The Labute approximate surface area is 145 Å². The maximum absolute atomic E-state index is 9.36. The van der Waals surface area contributed by atoms with Gasteiger partial charge >= 0.3 is 0 Å². The first-order chi connectivity index (χ1) is 11.2. The molecule has 3 rings (SSSR count). The second kappa shape index (κ2) is 7.70. The van der Waals surface area contributed by atoms with Crippen molar-refractivity contribution in [2.24, 2.45) is 0 Å². The number of hydrogen-bond acceptors (Lipinski definition) is 4. The van der Waals surface area contributed by atoms with E-state index in [1.165, 1.54) is 5.69 Å². The number of halogens is 1. The van der Waals surface area contributed by atoms with E-state index >= 15 is 0 Å². The van der Waals surface area contributed by atoms with E-state index in [1.54, 1.807) is 12.1 Å². The quantitative estimate of drug-likeness (QED) is 0.867. The number of rotatable bonds is 5. The predicted molar refractivity (Wildman–Crippen MR) is 96.4 cm³/mol. The molecule has 0 atom stereocenters. The fraction of sp³-hybridized carbons (Fsp3) is 0.333. The molecule has 1 N–H and O–H groups in total. The molecule has 122 valence electrons. The Balaban J connectivity index is 1.41. The van der Waals surface area contributed by atoms with Crippen LogP contribution in [0.5, 0.6) is 11.5 Å². The summed E-state index contributed by atoms with van der Waals surface area (Å²) in [4.78, 5) is 4.78. The molecule has 23 heavy (non-hydrogen) atoms. The van der Waals surface area contributed by atoms with E-state index in [1.807, 2.05) is 36.4 Å². The van der Waals surface area contributed by atoms with Gasteiger partial charge in [-0.15, -0.1) is 0 Å². The van der Waals surface area contributed by atoms with Crippen molar-refractivity contribution in [3.63, 3.8) is 0 Å². The van der Waals surface area contributed by atoms with Crippen molar-refractivity contribution in [1.29, 1.82) is 0 Å². The number of nitrogens with zero attached hydrogens (tertiary/aromatic N) is 2. The number of aromatic hydroxyl groups is 1. The Morgan fingerprint density at radius 3 is 2.43 bits per heavy atom. The number of anilines is 1. The van der Waals surface area contributed by atoms with Crippen LogP contribution in [0.4, 0.5) is 5.69 Å². The summed E-state index contributed by atoms with van der Waals surface area (Å²) < 4.78 is 6.84. The second-order valence-electron chi connectivity index (χ2n) is 5.65. The maximum atomic E-state index is 9.36. The zero-order chi connectivity index (χ0) is 16.1. The summed E-state index contributed by atoms with van der Waals surface area (Å²) in [6.45, 7) is 5.71. The number of phenolic OH excluding ortho intramolecular Hbond substituents is 1. The summed E-state index contributed by atoms with van der Waals surface area (Å²) in [7, 11) is 0. The molecule has 5 heteroatoms. The third kappa shape index (κ3) is 4.62. The zero-order valence-corrected chi connectivity index (χ0v) is 14.6. The molecule has 0 spiro atoms. The fourth-order valence-electron chi connectivity index (χ4n) is 2.74. The highest BCUT2D eigenvalue weighted by molar-refractivity contribution is 9.10. The van der Waals surface area contributed by atoms with E-state index in [4.69, 9.17) is 4.74 Å². The molecule has 0 aromatic heterocycles. The lowest BCUT2D eigenvalue weighted by atomic mass is 10.2. The molecule has 0 saturated carbocycles. The van der Waals surface area contributed by atoms with Gasteiger partial charge in [-0.3, -0.25) is 4.90 Å². The molecule has 1 saturated heterocycles. The zero-order valence-electron chi connectivity index (χ0n) is 13.0. The van der Waals surface area contributed by atoms with Crippen LogP contribution in [0.3, 0.4) is 0 Å². The lowest BCUT2D eigenvalue weighted by molar-refractivity contribution is 0.200. The summed E-state index contributed by atoms with van der Waals surface area (Å²) in [6, 6.07) is 15.4. The Hall–Kier alpha value is -1.72. The van der Waals surface area contributed by atoms with Gasteiger partial charge in [0.15, 0.2) is 0 Å². The first kappa shape index (κ1) is 16.1. The summed E-state index contributed by atoms with van der Waals surface area (Å²) >= 11 is 3.45. The highest BCUT2D eigenvalue weighted by Crippen LogP contribution is 2.20. The van der Waals surface area contributed by atoms with Gasteiger partial charge in [0.05, 0.1) is 0 Å². The average molecular weight is 377 g/mol. The smallest absolute Gasteiger partial charge is 0.120 e. The van der Waals surface area contributed by atoms with Gasteiger partial charge in [-0.2, -0.15) is 0 Å². The predicted octanol–water partition coefficient (Wildman–Crippen LogP) is 3.36. The van der Waals surface area contributed by atoms with Crippen LogP contribution in [0.25, 0.3) is 0 Å². The van der Waals surface area contributed by atoms with Crippen LogP contribution in [0, 0.1) is 0 Å². The molecule has 0 bridgehead atoms. The van der Waals surface area contributed by atoms with Crippen molar-refractivity contribution in [3.05, 3.63) is 53.0 Å². The van der Waals surface area contributed by atoms with Crippen LogP contribution in [-0.4, -0.2) is 49.3 Å². The summed E-state index contributed by atoms with van der Waals surface area (Å²) in [5, 5.41) is 9.36. The molecule has 1 fully saturated rings. The first-order valence-electron chi connectivity index (χ1n) is 7.85. The molecule has 0 radical (unpaired) electrons.